The van der Waals surface area contributed by atoms with Gasteiger partial charge in [-0.25, -0.2) is 4.79 Å². The second kappa shape index (κ2) is 6.20. The number of H-pyrrole nitrogens is 1. The van der Waals surface area contributed by atoms with E-state index in [1.807, 2.05) is 4.98 Å². The summed E-state index contributed by atoms with van der Waals surface area (Å²) in [5, 5.41) is 34.0. The first-order valence-electron chi connectivity index (χ1n) is 7.08. The maximum atomic E-state index is 11.9. The predicted molar refractivity (Wildman–Crippen MR) is 78.1 cm³/mol. The summed E-state index contributed by atoms with van der Waals surface area (Å²) in [5.74, 6) is 0.547. The van der Waals surface area contributed by atoms with Crippen LogP contribution in [0.15, 0.2) is 32.4 Å². The molecule has 3 heterocycles. The molecule has 0 aliphatic carbocycles. The molecule has 1 saturated heterocycles. The van der Waals surface area contributed by atoms with Gasteiger partial charge in [-0.05, 0) is 6.92 Å². The van der Waals surface area contributed by atoms with Crippen molar-refractivity contribution in [3.63, 3.8) is 0 Å². The number of anilines is 1. The van der Waals surface area contributed by atoms with Crippen molar-refractivity contribution in [3.8, 4) is 0 Å². The maximum Gasteiger partial charge on any atom is 0.330 e. The van der Waals surface area contributed by atoms with Crippen LogP contribution in [0.2, 0.25) is 0 Å². The lowest BCUT2D eigenvalue weighted by Gasteiger charge is -2.45. The van der Waals surface area contributed by atoms with E-state index in [1.54, 1.807) is 6.92 Å². The summed E-state index contributed by atoms with van der Waals surface area (Å²) in [7, 11) is 0. The van der Waals surface area contributed by atoms with E-state index < -0.39 is 42.6 Å². The number of hydrogen-bond donors (Lipinski definition) is 4. The number of aromatic amines is 1. The lowest BCUT2D eigenvalue weighted by atomic mass is 10.2. The van der Waals surface area contributed by atoms with Crippen molar-refractivity contribution in [2.75, 3.05) is 11.5 Å². The molecule has 3 rings (SSSR count). The van der Waals surface area contributed by atoms with Gasteiger partial charge >= 0.3 is 5.69 Å². The molecule has 0 amide bonds. The number of ether oxygens (including phenoxy) is 1. The van der Waals surface area contributed by atoms with Gasteiger partial charge in [0.15, 0.2) is 24.5 Å². The first-order valence-corrected chi connectivity index (χ1v) is 7.08. The largest absolute Gasteiger partial charge is 0.393 e. The minimum Gasteiger partial charge on any atom is -0.393 e. The van der Waals surface area contributed by atoms with Crippen LogP contribution in [-0.4, -0.2) is 55.2 Å². The maximum absolute atomic E-state index is 11.9. The van der Waals surface area contributed by atoms with E-state index in [4.69, 9.17) is 9.26 Å². The van der Waals surface area contributed by atoms with Gasteiger partial charge in [0.2, 0.25) is 0 Å². The molecular weight excluding hydrogens is 324 g/mol. The fourth-order valence-corrected chi connectivity index (χ4v) is 2.51. The molecule has 24 heavy (non-hydrogen) atoms. The van der Waals surface area contributed by atoms with E-state index in [0.717, 1.165) is 21.7 Å². The zero-order valence-corrected chi connectivity index (χ0v) is 12.6. The first-order chi connectivity index (χ1) is 11.4. The number of hydrogen-bond acceptors (Lipinski definition) is 9. The minimum absolute atomic E-state index is 0.108. The highest BCUT2D eigenvalue weighted by Crippen LogP contribution is 2.31. The summed E-state index contributed by atoms with van der Waals surface area (Å²) in [6, 6.07) is 2.56. The number of rotatable bonds is 3. The van der Waals surface area contributed by atoms with Crippen LogP contribution >= 0.6 is 0 Å². The van der Waals surface area contributed by atoms with Crippen LogP contribution in [0.4, 0.5) is 5.82 Å². The molecule has 11 nitrogen and oxygen atoms in total. The third kappa shape index (κ3) is 2.73. The summed E-state index contributed by atoms with van der Waals surface area (Å²) in [6.07, 6.45) is -4.24. The Morgan fingerprint density at radius 3 is 2.67 bits per heavy atom. The van der Waals surface area contributed by atoms with Gasteiger partial charge in [-0.15, -0.1) is 0 Å². The summed E-state index contributed by atoms with van der Waals surface area (Å²) < 4.78 is 11.3. The Balaban J connectivity index is 2.04. The summed E-state index contributed by atoms with van der Waals surface area (Å²) in [6.45, 7) is 1.05. The molecule has 0 spiro atoms. The molecule has 0 bridgehead atoms. The normalized spacial score (nSPS) is 27.4. The highest BCUT2D eigenvalue weighted by Gasteiger charge is 2.44. The molecule has 2 unspecified atom stereocenters. The van der Waals surface area contributed by atoms with Crippen molar-refractivity contribution < 1.29 is 24.6 Å². The molecule has 4 N–H and O–H groups in total. The predicted octanol–water partition coefficient (Wildman–Crippen LogP) is -2.13. The third-order valence-corrected chi connectivity index (χ3v) is 3.66. The van der Waals surface area contributed by atoms with Crippen molar-refractivity contribution in [1.29, 1.82) is 0 Å². The monoisotopic (exact) mass is 340 g/mol. The van der Waals surface area contributed by atoms with Crippen molar-refractivity contribution in [3.05, 3.63) is 44.9 Å². The smallest absolute Gasteiger partial charge is 0.330 e. The number of aromatic nitrogens is 3. The van der Waals surface area contributed by atoms with Crippen molar-refractivity contribution in [2.45, 2.75) is 31.7 Å². The Morgan fingerprint density at radius 2 is 2.08 bits per heavy atom. The van der Waals surface area contributed by atoms with Gasteiger partial charge < -0.3 is 24.6 Å². The van der Waals surface area contributed by atoms with Gasteiger partial charge in [0, 0.05) is 18.3 Å². The highest BCUT2D eigenvalue weighted by molar-refractivity contribution is 5.40. The van der Waals surface area contributed by atoms with Crippen LogP contribution in [0, 0.1) is 6.92 Å². The van der Waals surface area contributed by atoms with Crippen LogP contribution in [0.3, 0.4) is 0 Å². The Bertz CT molecular complexity index is 828. The molecule has 1 aliphatic heterocycles. The molecule has 4 atom stereocenters. The number of morpholine rings is 1. The van der Waals surface area contributed by atoms with Crippen LogP contribution < -0.4 is 16.1 Å². The van der Waals surface area contributed by atoms with Gasteiger partial charge in [-0.3, -0.25) is 19.2 Å². The molecular formula is C13H16N4O7. The average Bonchev–Trinajstić information content (AvgIpc) is 2.95. The molecule has 2 aromatic heterocycles. The van der Waals surface area contributed by atoms with Crippen LogP contribution in [0.1, 0.15) is 12.0 Å². The van der Waals surface area contributed by atoms with E-state index in [9.17, 15) is 24.9 Å². The number of aliphatic hydroxyl groups excluding tert-OH is 3. The van der Waals surface area contributed by atoms with Gasteiger partial charge in [0.05, 0.1) is 6.61 Å². The van der Waals surface area contributed by atoms with Crippen LogP contribution in [-0.2, 0) is 4.74 Å². The Morgan fingerprint density at radius 1 is 1.33 bits per heavy atom. The zero-order chi connectivity index (χ0) is 17.4. The molecule has 0 radical (unpaired) electrons. The van der Waals surface area contributed by atoms with Gasteiger partial charge in [0.1, 0.15) is 11.9 Å². The molecule has 1 fully saturated rings. The SMILES string of the molecule is Cc1cc(N2C(O)[C@H](n3ccc(=O)[nH]c3=O)O[C@H](CO)C2O)no1. The Hall–Kier alpha value is -2.47. The van der Waals surface area contributed by atoms with Crippen LogP contribution in [0.25, 0.3) is 0 Å². The lowest BCUT2D eigenvalue weighted by Crippen LogP contribution is -2.61. The van der Waals surface area contributed by atoms with E-state index in [0.29, 0.717) is 5.76 Å². The second-order valence-electron chi connectivity index (χ2n) is 5.30. The lowest BCUT2D eigenvalue weighted by molar-refractivity contribution is -0.205. The summed E-state index contributed by atoms with van der Waals surface area (Å²) >= 11 is 0. The zero-order valence-electron chi connectivity index (χ0n) is 12.6. The standard InChI is InChI=1S/C13H16N4O7/c1-6-4-8(15-24-6)17-10(20)7(5-18)23-12(11(17)21)16-3-2-9(19)14-13(16)22/h2-4,7,10-12,18,20-21H,5H2,1H3,(H,14,19,22)/t7-,10?,11?,12-/m1/s1. The van der Waals surface area contributed by atoms with E-state index >= 15 is 0 Å². The molecule has 1 aliphatic rings. The van der Waals surface area contributed by atoms with Crippen molar-refractivity contribution >= 4 is 5.82 Å². The summed E-state index contributed by atoms with van der Waals surface area (Å²) in [4.78, 5) is 26.2. The molecule has 130 valence electrons. The average molecular weight is 340 g/mol. The fourth-order valence-electron chi connectivity index (χ4n) is 2.51. The third-order valence-electron chi connectivity index (χ3n) is 3.66. The second-order valence-corrected chi connectivity index (χ2v) is 5.30. The molecule has 0 aromatic carbocycles. The van der Waals surface area contributed by atoms with Crippen LogP contribution in [0.5, 0.6) is 0 Å². The molecule has 0 saturated carbocycles. The van der Waals surface area contributed by atoms with E-state index in [1.165, 1.54) is 6.07 Å². The first kappa shape index (κ1) is 16.4. The van der Waals surface area contributed by atoms with Gasteiger partial charge in [0.25, 0.3) is 5.56 Å². The van der Waals surface area contributed by atoms with E-state index in [2.05, 4.69) is 5.16 Å². The van der Waals surface area contributed by atoms with Gasteiger partial charge in [-0.2, -0.15) is 0 Å². The number of nitrogens with one attached hydrogen (secondary N) is 1. The van der Waals surface area contributed by atoms with Crippen molar-refractivity contribution in [2.24, 2.45) is 0 Å². The highest BCUT2D eigenvalue weighted by atomic mass is 16.6. The topological polar surface area (TPSA) is 154 Å². The Labute approximate surface area is 134 Å². The number of nitrogens with zero attached hydrogens (tertiary/aromatic N) is 3. The minimum atomic E-state index is -1.53. The van der Waals surface area contributed by atoms with Crippen molar-refractivity contribution in [1.82, 2.24) is 14.7 Å². The quantitative estimate of drug-likeness (QED) is 0.490. The van der Waals surface area contributed by atoms with E-state index in [-0.39, 0.29) is 5.82 Å². The number of aliphatic hydroxyl groups is 3. The Kier molecular flexibility index (Phi) is 4.24. The fraction of sp³-hybridized carbons (Fsp3) is 0.462. The number of aryl methyl sites for hydroxylation is 1. The summed E-state index contributed by atoms with van der Waals surface area (Å²) in [5.41, 5.74) is -1.42. The molecule has 11 heteroatoms. The van der Waals surface area contributed by atoms with Gasteiger partial charge in [-0.1, -0.05) is 5.16 Å². The molecule has 2 aromatic rings.